The smallest absolute Gasteiger partial charge is 0.301 e. The van der Waals surface area contributed by atoms with Gasteiger partial charge in [0.15, 0.2) is 5.82 Å². The van der Waals surface area contributed by atoms with Crippen LogP contribution in [0.2, 0.25) is 0 Å². The summed E-state index contributed by atoms with van der Waals surface area (Å²) in [6.45, 7) is 5.22. The number of hydrogen-bond donors (Lipinski definition) is 4. The average molecular weight is 921 g/mol. The molecule has 0 saturated carbocycles. The maximum Gasteiger partial charge on any atom is 0.301 e. The fraction of sp³-hybridized carbons (Fsp3) is 0.396. The SMILES string of the molecule is O=C1CC[C@H](N2Cc3cc(C4CCN(CC5CCN(c6ccc(-c7cnc8[nH]cc(C(=O)c9c(F)ccc(NS(=O)(=O)N%10CC[C@@H](O)C%10)c9F)c8c7)cc6)CC5)CC4)ccc3C2=O)C(=O)N1. The minimum Gasteiger partial charge on any atom is -0.392 e. The number of carbonyl (C=O) groups is 4. The number of likely N-dealkylation sites (tertiary alicyclic amines) is 1. The lowest BCUT2D eigenvalue weighted by Gasteiger charge is -2.38. The van der Waals surface area contributed by atoms with E-state index in [2.05, 4.69) is 54.1 Å². The van der Waals surface area contributed by atoms with Gasteiger partial charge in [0, 0.05) is 85.8 Å². The van der Waals surface area contributed by atoms with Gasteiger partial charge in [0.05, 0.1) is 17.4 Å². The van der Waals surface area contributed by atoms with E-state index < -0.39 is 56.9 Å². The van der Waals surface area contributed by atoms with Crippen LogP contribution in [0.15, 0.2) is 73.1 Å². The minimum atomic E-state index is -4.27. The second kappa shape index (κ2) is 17.6. The van der Waals surface area contributed by atoms with Crippen LogP contribution in [0, 0.1) is 17.6 Å². The summed E-state index contributed by atoms with van der Waals surface area (Å²) < 4.78 is 59.7. The predicted molar refractivity (Wildman–Crippen MR) is 242 cm³/mol. The summed E-state index contributed by atoms with van der Waals surface area (Å²) in [5.41, 5.74) is 4.31. The number of aliphatic hydroxyl groups excluding tert-OH is 1. The van der Waals surface area contributed by atoms with Gasteiger partial charge >= 0.3 is 10.2 Å². The number of pyridine rings is 1. The fourth-order valence-electron chi connectivity index (χ4n) is 10.4. The molecular weight excluding hydrogens is 871 g/mol. The van der Waals surface area contributed by atoms with Crippen molar-refractivity contribution in [1.29, 1.82) is 0 Å². The van der Waals surface area contributed by atoms with Crippen molar-refractivity contribution in [3.05, 3.63) is 113 Å². The van der Waals surface area contributed by atoms with E-state index in [9.17, 15) is 32.7 Å². The van der Waals surface area contributed by atoms with Crippen LogP contribution in [-0.2, 0) is 26.3 Å². The molecule has 2 atom stereocenters. The molecule has 7 heterocycles. The summed E-state index contributed by atoms with van der Waals surface area (Å²) in [7, 11) is -4.27. The van der Waals surface area contributed by atoms with Crippen LogP contribution in [0.25, 0.3) is 22.2 Å². The molecule has 0 aliphatic carbocycles. The number of anilines is 2. The second-order valence-electron chi connectivity index (χ2n) is 18.2. The molecule has 2 aromatic heterocycles. The largest absolute Gasteiger partial charge is 0.392 e. The molecule has 0 spiro atoms. The molecule has 5 aliphatic rings. The average Bonchev–Trinajstić information content (AvgIpc) is 4.04. The van der Waals surface area contributed by atoms with Crippen LogP contribution in [0.3, 0.4) is 0 Å². The van der Waals surface area contributed by atoms with Gasteiger partial charge < -0.3 is 24.8 Å². The first-order valence-corrected chi connectivity index (χ1v) is 24.0. The lowest BCUT2D eigenvalue weighted by molar-refractivity contribution is -0.136. The molecule has 0 bridgehead atoms. The molecule has 3 aromatic carbocycles. The van der Waals surface area contributed by atoms with E-state index in [1.165, 1.54) is 11.8 Å². The summed E-state index contributed by atoms with van der Waals surface area (Å²) in [5.74, 6) is -3.30. The Morgan fingerprint density at radius 1 is 0.879 bits per heavy atom. The highest BCUT2D eigenvalue weighted by Gasteiger charge is 2.40. The Bertz CT molecular complexity index is 2860. The third-order valence-corrected chi connectivity index (χ3v) is 15.6. The molecule has 4 N–H and O–H groups in total. The number of aliphatic hydroxyl groups is 1. The summed E-state index contributed by atoms with van der Waals surface area (Å²) >= 11 is 0. The minimum absolute atomic E-state index is 0.0249. The number of carbonyl (C=O) groups excluding carboxylic acids is 4. The maximum absolute atomic E-state index is 15.8. The molecule has 3 amide bonds. The van der Waals surface area contributed by atoms with Crippen molar-refractivity contribution < 1.29 is 41.5 Å². The topological polar surface area (TPSA) is 188 Å². The van der Waals surface area contributed by atoms with Crippen molar-refractivity contribution in [3.63, 3.8) is 0 Å². The summed E-state index contributed by atoms with van der Waals surface area (Å²) in [6.07, 6.45) is 7.21. The normalized spacial score (nSPS) is 21.5. The zero-order chi connectivity index (χ0) is 45.9. The number of aromatic amines is 1. The number of benzene rings is 3. The number of nitrogens with zero attached hydrogens (tertiary/aromatic N) is 5. The number of imide groups is 1. The first-order valence-electron chi connectivity index (χ1n) is 22.6. The highest BCUT2D eigenvalue weighted by molar-refractivity contribution is 7.90. The number of nitrogens with one attached hydrogen (secondary N) is 3. The fourth-order valence-corrected chi connectivity index (χ4v) is 11.6. The van der Waals surface area contributed by atoms with Crippen LogP contribution in [-0.4, -0.2) is 119 Å². The van der Waals surface area contributed by atoms with Gasteiger partial charge in [0.2, 0.25) is 17.6 Å². The summed E-state index contributed by atoms with van der Waals surface area (Å²) in [4.78, 5) is 65.0. The van der Waals surface area contributed by atoms with E-state index in [-0.39, 0.29) is 43.3 Å². The van der Waals surface area contributed by atoms with Crippen molar-refractivity contribution in [2.45, 2.75) is 69.6 Å². The molecule has 0 unspecified atom stereocenters. The van der Waals surface area contributed by atoms with Gasteiger partial charge in [-0.25, -0.2) is 13.8 Å². The maximum atomic E-state index is 15.8. The Morgan fingerprint density at radius 3 is 2.38 bits per heavy atom. The van der Waals surface area contributed by atoms with E-state index in [1.807, 2.05) is 18.2 Å². The van der Waals surface area contributed by atoms with Crippen molar-refractivity contribution in [2.24, 2.45) is 5.92 Å². The number of H-pyrrole nitrogens is 1. The van der Waals surface area contributed by atoms with E-state index in [1.54, 1.807) is 17.2 Å². The van der Waals surface area contributed by atoms with E-state index in [4.69, 9.17) is 0 Å². The standard InChI is InChI=1S/C48H50F2N8O7S/c49-39-7-8-40(54-66(64,65)57-20-15-35(59)27-57)44(50)43(39)45(61)38-24-52-46-37(38)22-32(23-51-46)29-1-4-34(5-2-29)56-18-11-28(12-19-56)25-55-16-13-30(14-17-55)31-3-6-36-33(21-31)26-58(48(36)63)41-9-10-42(60)53-47(41)62/h1-8,21-24,28,30,35,41,54,59H,9-20,25-27H2,(H,51,52)(H,53,60,62)/t35-,41+/m1/s1. The second-order valence-corrected chi connectivity index (χ2v) is 19.9. The third-order valence-electron chi connectivity index (χ3n) is 14.1. The summed E-state index contributed by atoms with van der Waals surface area (Å²) in [5, 5.41) is 12.5. The van der Waals surface area contributed by atoms with Gasteiger partial charge in [-0.1, -0.05) is 24.3 Å². The van der Waals surface area contributed by atoms with Crippen LogP contribution in [0.1, 0.15) is 88.3 Å². The number of ketones is 1. The Labute approximate surface area is 380 Å². The Balaban J connectivity index is 0.730. The molecule has 5 aromatic rings. The van der Waals surface area contributed by atoms with Crippen LogP contribution in [0.5, 0.6) is 0 Å². The number of halogens is 2. The molecule has 10 rings (SSSR count). The van der Waals surface area contributed by atoms with Crippen molar-refractivity contribution in [2.75, 3.05) is 55.4 Å². The number of amides is 3. The van der Waals surface area contributed by atoms with Gasteiger partial charge in [-0.05, 0) is 117 Å². The van der Waals surface area contributed by atoms with Gasteiger partial charge in [-0.2, -0.15) is 12.7 Å². The molecule has 18 heteroatoms. The third kappa shape index (κ3) is 8.46. The molecule has 66 heavy (non-hydrogen) atoms. The van der Waals surface area contributed by atoms with Crippen molar-refractivity contribution in [1.82, 2.24) is 29.4 Å². The number of β-amino-alcohol motifs (C(OH)–C–C–N with tert-alkyl or cyclic N) is 1. The van der Waals surface area contributed by atoms with Crippen molar-refractivity contribution in [3.8, 4) is 11.1 Å². The molecule has 344 valence electrons. The number of hydrogen-bond acceptors (Lipinski definition) is 10. The first kappa shape index (κ1) is 43.8. The van der Waals surface area contributed by atoms with Crippen LogP contribution < -0.4 is 14.9 Å². The highest BCUT2D eigenvalue weighted by atomic mass is 32.2. The number of fused-ring (bicyclic) bond motifs is 2. The Kier molecular flexibility index (Phi) is 11.7. The van der Waals surface area contributed by atoms with Gasteiger partial charge in [-0.15, -0.1) is 0 Å². The zero-order valence-electron chi connectivity index (χ0n) is 36.1. The highest BCUT2D eigenvalue weighted by Crippen LogP contribution is 2.36. The monoisotopic (exact) mass is 920 g/mol. The van der Waals surface area contributed by atoms with Gasteiger partial charge in [-0.3, -0.25) is 29.2 Å². The predicted octanol–water partition coefficient (Wildman–Crippen LogP) is 5.32. The van der Waals surface area contributed by atoms with Crippen LogP contribution in [0.4, 0.5) is 20.2 Å². The van der Waals surface area contributed by atoms with Crippen LogP contribution >= 0.6 is 0 Å². The van der Waals surface area contributed by atoms with Crippen molar-refractivity contribution >= 4 is 56.1 Å². The molecule has 5 aliphatic heterocycles. The lowest BCUT2D eigenvalue weighted by Crippen LogP contribution is -2.52. The molecular formula is C48H50F2N8O7S. The van der Waals surface area contributed by atoms with Gasteiger partial charge in [0.25, 0.3) is 5.91 Å². The number of piperidine rings is 3. The van der Waals surface area contributed by atoms with E-state index in [0.717, 1.165) is 91.7 Å². The number of aromatic nitrogens is 2. The number of rotatable bonds is 11. The zero-order valence-corrected chi connectivity index (χ0v) is 37.0. The van der Waals surface area contributed by atoms with E-state index >= 15 is 8.78 Å². The quantitative estimate of drug-likeness (QED) is 0.0998. The first-order chi connectivity index (χ1) is 31.8. The summed E-state index contributed by atoms with van der Waals surface area (Å²) in [6, 6.07) is 17.1. The molecule has 0 radical (unpaired) electrons. The lowest BCUT2D eigenvalue weighted by atomic mass is 9.87. The Morgan fingerprint density at radius 2 is 1.65 bits per heavy atom. The van der Waals surface area contributed by atoms with Gasteiger partial charge in [0.1, 0.15) is 17.5 Å². The van der Waals surface area contributed by atoms with E-state index in [0.29, 0.717) is 47.0 Å². The molecule has 15 nitrogen and oxygen atoms in total. The molecule has 4 saturated heterocycles. The molecule has 4 fully saturated rings. The Hall–Kier alpha value is -6.08.